The molecule has 0 aromatic carbocycles. The zero-order chi connectivity index (χ0) is 23.5. The second-order valence-electron chi connectivity index (χ2n) is 12.7. The minimum atomic E-state index is -0.0330. The van der Waals surface area contributed by atoms with Gasteiger partial charge in [0, 0.05) is 25.8 Å². The maximum absolute atomic E-state index is 13.3. The largest absolute Gasteiger partial charge is 0.350 e. The molecule has 0 radical (unpaired) electrons. The number of nitrogens with zero attached hydrogens (tertiary/aromatic N) is 3. The highest BCUT2D eigenvalue weighted by Gasteiger charge is 2.50. The van der Waals surface area contributed by atoms with Gasteiger partial charge in [0.25, 0.3) is 5.91 Å². The Balaban J connectivity index is 1.15. The molecule has 5 aliphatic rings. The number of imidazole rings is 1. The van der Waals surface area contributed by atoms with E-state index in [1.54, 1.807) is 0 Å². The summed E-state index contributed by atoms with van der Waals surface area (Å²) in [5.74, 6) is 2.74. The van der Waals surface area contributed by atoms with E-state index in [1.165, 1.54) is 38.5 Å². The summed E-state index contributed by atoms with van der Waals surface area (Å²) in [6, 6.07) is 5.66. The van der Waals surface area contributed by atoms with Gasteiger partial charge in [0.05, 0.1) is 12.1 Å². The Hall–Kier alpha value is -2.37. The van der Waals surface area contributed by atoms with Gasteiger partial charge in [0.1, 0.15) is 11.3 Å². The van der Waals surface area contributed by atoms with E-state index in [1.807, 2.05) is 33.7 Å². The maximum Gasteiger partial charge on any atom is 0.268 e. The van der Waals surface area contributed by atoms with Crippen LogP contribution >= 0.6 is 0 Å². The number of fused-ring (bicyclic) bond motifs is 1. The van der Waals surface area contributed by atoms with Gasteiger partial charge in [-0.1, -0.05) is 19.9 Å². The van der Waals surface area contributed by atoms with Crippen molar-refractivity contribution in [3.05, 3.63) is 35.8 Å². The SMILES string of the molecule is CC1(C)CCCN(C(=O)Cc2cn3c(C(=O)NCC45CC6CC(CC(C6)C4)C5)cccc3n2)C1. The molecule has 1 N–H and O–H groups in total. The summed E-state index contributed by atoms with van der Waals surface area (Å²) in [4.78, 5) is 32.9. The van der Waals surface area contributed by atoms with Crippen molar-refractivity contribution in [1.29, 1.82) is 0 Å². The first-order valence-corrected chi connectivity index (χ1v) is 13.3. The number of piperidine rings is 1. The first-order valence-electron chi connectivity index (χ1n) is 13.3. The predicted octanol–water partition coefficient (Wildman–Crippen LogP) is 4.47. The van der Waals surface area contributed by atoms with Gasteiger partial charge in [-0.15, -0.1) is 0 Å². The summed E-state index contributed by atoms with van der Waals surface area (Å²) in [5, 5.41) is 3.30. The minimum Gasteiger partial charge on any atom is -0.350 e. The average molecular weight is 463 g/mol. The lowest BCUT2D eigenvalue weighted by atomic mass is 9.49. The number of hydrogen-bond donors (Lipinski definition) is 1. The highest BCUT2D eigenvalue weighted by Crippen LogP contribution is 2.59. The zero-order valence-electron chi connectivity index (χ0n) is 20.7. The van der Waals surface area contributed by atoms with E-state index in [9.17, 15) is 9.59 Å². The molecule has 6 heteroatoms. The van der Waals surface area contributed by atoms with E-state index in [2.05, 4.69) is 24.1 Å². The Labute approximate surface area is 202 Å². The van der Waals surface area contributed by atoms with Crippen LogP contribution in [-0.2, 0) is 11.2 Å². The number of carbonyl (C=O) groups excluding carboxylic acids is 2. The number of aromatic nitrogens is 2. The molecule has 1 saturated heterocycles. The van der Waals surface area contributed by atoms with Crippen LogP contribution in [0.2, 0.25) is 0 Å². The monoisotopic (exact) mass is 462 g/mol. The van der Waals surface area contributed by atoms with Crippen molar-refractivity contribution in [3.63, 3.8) is 0 Å². The van der Waals surface area contributed by atoms with Crippen molar-refractivity contribution in [2.24, 2.45) is 28.6 Å². The molecule has 2 aromatic rings. The molecule has 1 aliphatic heterocycles. The van der Waals surface area contributed by atoms with E-state index in [0.717, 1.165) is 61.6 Å². The molecule has 182 valence electrons. The van der Waals surface area contributed by atoms with Crippen LogP contribution in [0.1, 0.15) is 81.4 Å². The number of carbonyl (C=O) groups is 2. The van der Waals surface area contributed by atoms with Crippen LogP contribution in [0.15, 0.2) is 24.4 Å². The van der Waals surface area contributed by atoms with Crippen LogP contribution in [-0.4, -0.2) is 45.7 Å². The summed E-state index contributed by atoms with van der Waals surface area (Å²) >= 11 is 0. The van der Waals surface area contributed by atoms with Gasteiger partial charge in [-0.25, -0.2) is 4.98 Å². The predicted molar refractivity (Wildman–Crippen MR) is 131 cm³/mol. The molecule has 2 amide bonds. The Bertz CT molecular complexity index is 1080. The third-order valence-electron chi connectivity index (χ3n) is 9.15. The van der Waals surface area contributed by atoms with Crippen molar-refractivity contribution in [2.75, 3.05) is 19.6 Å². The van der Waals surface area contributed by atoms with E-state index in [-0.39, 0.29) is 23.7 Å². The Morgan fingerprint density at radius 2 is 1.79 bits per heavy atom. The fourth-order valence-electron chi connectivity index (χ4n) is 8.10. The van der Waals surface area contributed by atoms with Gasteiger partial charge in [0.2, 0.25) is 5.91 Å². The van der Waals surface area contributed by atoms with Crippen LogP contribution in [0.4, 0.5) is 0 Å². The van der Waals surface area contributed by atoms with Gasteiger partial charge < -0.3 is 10.2 Å². The standard InChI is InChI=1S/C28H38N4O2/c1-27(2)7-4-8-31(18-27)25(33)12-22-16-32-23(5-3-6-24(32)30-22)26(34)29-17-28-13-19-9-20(14-28)11-21(10-19)15-28/h3,5-6,16,19-21H,4,7-15,17-18H2,1-2H3,(H,29,34). The summed E-state index contributed by atoms with van der Waals surface area (Å²) in [5.41, 5.74) is 2.55. The molecule has 34 heavy (non-hydrogen) atoms. The second-order valence-corrected chi connectivity index (χ2v) is 12.7. The molecule has 0 spiro atoms. The number of amides is 2. The van der Waals surface area contributed by atoms with E-state index in [0.29, 0.717) is 11.1 Å². The third kappa shape index (κ3) is 4.14. The van der Waals surface area contributed by atoms with E-state index < -0.39 is 0 Å². The Morgan fingerprint density at radius 3 is 2.47 bits per heavy atom. The minimum absolute atomic E-state index is 0.0330. The highest BCUT2D eigenvalue weighted by atomic mass is 16.2. The fourth-order valence-corrected chi connectivity index (χ4v) is 8.10. The molecule has 4 aliphatic carbocycles. The number of rotatable bonds is 5. The first-order chi connectivity index (χ1) is 16.3. The van der Waals surface area contributed by atoms with Crippen LogP contribution in [0.5, 0.6) is 0 Å². The highest BCUT2D eigenvalue weighted by molar-refractivity contribution is 5.93. The normalized spacial score (nSPS) is 31.7. The molecule has 0 atom stereocenters. The molecule has 5 fully saturated rings. The van der Waals surface area contributed by atoms with Crippen molar-refractivity contribution in [2.45, 2.75) is 71.6 Å². The topological polar surface area (TPSA) is 66.7 Å². The number of pyridine rings is 1. The van der Waals surface area contributed by atoms with Gasteiger partial charge in [-0.2, -0.15) is 0 Å². The van der Waals surface area contributed by atoms with Crippen molar-refractivity contribution in [1.82, 2.24) is 19.6 Å². The van der Waals surface area contributed by atoms with Gasteiger partial charge in [-0.05, 0) is 92.1 Å². The molecule has 2 aromatic heterocycles. The summed E-state index contributed by atoms with van der Waals surface area (Å²) < 4.78 is 1.86. The number of hydrogen-bond acceptors (Lipinski definition) is 3. The van der Waals surface area contributed by atoms with Crippen LogP contribution in [0.25, 0.3) is 5.65 Å². The lowest BCUT2D eigenvalue weighted by molar-refractivity contribution is -0.133. The molecule has 7 rings (SSSR count). The van der Waals surface area contributed by atoms with Gasteiger partial charge in [0.15, 0.2) is 0 Å². The maximum atomic E-state index is 13.3. The van der Waals surface area contributed by atoms with Crippen LogP contribution in [0.3, 0.4) is 0 Å². The van der Waals surface area contributed by atoms with Crippen molar-refractivity contribution in [3.8, 4) is 0 Å². The van der Waals surface area contributed by atoms with Crippen LogP contribution < -0.4 is 5.32 Å². The van der Waals surface area contributed by atoms with Crippen molar-refractivity contribution < 1.29 is 9.59 Å². The lowest BCUT2D eigenvalue weighted by Gasteiger charge is -2.56. The number of likely N-dealkylation sites (tertiary alicyclic amines) is 1. The number of nitrogens with one attached hydrogen (secondary N) is 1. The molecule has 3 heterocycles. The van der Waals surface area contributed by atoms with E-state index in [4.69, 9.17) is 0 Å². The molecule has 4 saturated carbocycles. The summed E-state index contributed by atoms with van der Waals surface area (Å²) in [6.45, 7) is 6.87. The smallest absolute Gasteiger partial charge is 0.268 e. The molecule has 6 nitrogen and oxygen atoms in total. The van der Waals surface area contributed by atoms with Gasteiger partial charge in [-0.3, -0.25) is 14.0 Å². The Kier molecular flexibility index (Phi) is 5.27. The summed E-state index contributed by atoms with van der Waals surface area (Å²) in [6.07, 6.45) is 12.5. The summed E-state index contributed by atoms with van der Waals surface area (Å²) in [7, 11) is 0. The molecule has 4 bridgehead atoms. The Morgan fingerprint density at radius 1 is 1.09 bits per heavy atom. The third-order valence-corrected chi connectivity index (χ3v) is 9.15. The van der Waals surface area contributed by atoms with Crippen molar-refractivity contribution >= 4 is 17.5 Å². The zero-order valence-corrected chi connectivity index (χ0v) is 20.7. The molecular formula is C28H38N4O2. The fraction of sp³-hybridized carbons (Fsp3) is 0.679. The second kappa shape index (κ2) is 8.10. The molecule has 0 unspecified atom stereocenters. The lowest BCUT2D eigenvalue weighted by Crippen LogP contribution is -2.51. The average Bonchev–Trinajstić information content (AvgIpc) is 3.18. The first kappa shape index (κ1) is 22.1. The van der Waals surface area contributed by atoms with E-state index >= 15 is 0 Å². The van der Waals surface area contributed by atoms with Crippen LogP contribution in [0, 0.1) is 28.6 Å². The molecular weight excluding hydrogens is 424 g/mol. The quantitative estimate of drug-likeness (QED) is 0.713. The van der Waals surface area contributed by atoms with Gasteiger partial charge >= 0.3 is 0 Å².